The van der Waals surface area contributed by atoms with Gasteiger partial charge in [0.2, 0.25) is 0 Å². The van der Waals surface area contributed by atoms with Crippen LogP contribution < -0.4 is 4.90 Å². The number of sulfone groups is 1. The minimum atomic E-state index is -3.55. The van der Waals surface area contributed by atoms with Crippen molar-refractivity contribution in [1.29, 1.82) is 0 Å². The predicted octanol–water partition coefficient (Wildman–Crippen LogP) is 4.53. The van der Waals surface area contributed by atoms with E-state index in [1.54, 1.807) is 30.0 Å². The zero-order valence-corrected chi connectivity index (χ0v) is 19.6. The van der Waals surface area contributed by atoms with Crippen LogP contribution >= 0.6 is 11.3 Å². The van der Waals surface area contributed by atoms with Gasteiger partial charge in [-0.1, -0.05) is 42.5 Å². The monoisotopic (exact) mass is 458 g/mol. The van der Waals surface area contributed by atoms with Crippen molar-refractivity contribution in [3.63, 3.8) is 0 Å². The number of fused-ring (bicyclic) bond motifs is 1. The normalized spacial score (nSPS) is 16.7. The number of nitrogens with zero attached hydrogens (tertiary/aromatic N) is 2. The van der Waals surface area contributed by atoms with E-state index in [1.807, 2.05) is 19.9 Å². The van der Waals surface area contributed by atoms with Gasteiger partial charge in [-0.15, -0.1) is 0 Å². The minimum Gasteiger partial charge on any atom is -0.376 e. The summed E-state index contributed by atoms with van der Waals surface area (Å²) in [5.41, 5.74) is 3.19. The Morgan fingerprint density at radius 3 is 2.61 bits per heavy atom. The highest BCUT2D eigenvalue weighted by Crippen LogP contribution is 2.35. The molecule has 0 aliphatic carbocycles. The van der Waals surface area contributed by atoms with E-state index in [2.05, 4.69) is 6.07 Å². The van der Waals surface area contributed by atoms with E-state index in [-0.39, 0.29) is 28.2 Å². The molecule has 0 bridgehead atoms. The highest BCUT2D eigenvalue weighted by Gasteiger charge is 2.30. The summed E-state index contributed by atoms with van der Waals surface area (Å²) >= 11 is 1.46. The molecule has 8 heteroatoms. The Kier molecular flexibility index (Phi) is 6.14. The van der Waals surface area contributed by atoms with Crippen molar-refractivity contribution in [1.82, 2.24) is 4.98 Å². The van der Waals surface area contributed by atoms with Crippen molar-refractivity contribution < 1.29 is 17.9 Å². The molecule has 1 fully saturated rings. The van der Waals surface area contributed by atoms with Gasteiger partial charge >= 0.3 is 0 Å². The average molecular weight is 459 g/mol. The van der Waals surface area contributed by atoms with E-state index in [4.69, 9.17) is 9.72 Å². The van der Waals surface area contributed by atoms with Crippen molar-refractivity contribution >= 4 is 42.4 Å². The fourth-order valence-corrected chi connectivity index (χ4v) is 6.03. The maximum Gasteiger partial charge on any atom is 0.261 e. The van der Waals surface area contributed by atoms with Crippen molar-refractivity contribution in [2.75, 3.05) is 23.8 Å². The summed E-state index contributed by atoms with van der Waals surface area (Å²) in [6.07, 6.45) is 1.72. The lowest BCUT2D eigenvalue weighted by Crippen LogP contribution is -2.38. The van der Waals surface area contributed by atoms with Crippen LogP contribution in [0.3, 0.4) is 0 Å². The van der Waals surface area contributed by atoms with E-state index in [0.29, 0.717) is 18.3 Å². The Bertz CT molecular complexity index is 1190. The number of hydrogen-bond acceptors (Lipinski definition) is 6. The van der Waals surface area contributed by atoms with Gasteiger partial charge in [-0.25, -0.2) is 13.4 Å². The molecule has 3 aromatic rings. The molecule has 2 aromatic carbocycles. The third-order valence-corrected chi connectivity index (χ3v) is 8.65. The average Bonchev–Trinajstić information content (AvgIpc) is 3.45. The molecular weight excluding hydrogens is 432 g/mol. The largest absolute Gasteiger partial charge is 0.376 e. The lowest BCUT2D eigenvalue weighted by atomic mass is 10.1. The smallest absolute Gasteiger partial charge is 0.261 e. The topological polar surface area (TPSA) is 76.6 Å². The van der Waals surface area contributed by atoms with Gasteiger partial charge < -0.3 is 4.74 Å². The van der Waals surface area contributed by atoms with Crippen LogP contribution in [0.4, 0.5) is 5.13 Å². The summed E-state index contributed by atoms with van der Waals surface area (Å²) in [5.74, 6) is -0.430. The molecule has 1 aromatic heterocycles. The maximum atomic E-state index is 13.7. The Hall–Kier alpha value is -2.29. The molecule has 6 nitrogen and oxygen atoms in total. The molecule has 0 spiro atoms. The molecule has 1 aliphatic rings. The lowest BCUT2D eigenvalue weighted by Gasteiger charge is -2.24. The quantitative estimate of drug-likeness (QED) is 0.542. The lowest BCUT2D eigenvalue weighted by molar-refractivity contribution is 0.0915. The molecule has 1 aliphatic heterocycles. The summed E-state index contributed by atoms with van der Waals surface area (Å²) in [7, 11) is -3.55. The van der Waals surface area contributed by atoms with Gasteiger partial charge in [-0.3, -0.25) is 9.69 Å². The van der Waals surface area contributed by atoms with Crippen molar-refractivity contribution in [2.45, 2.75) is 44.6 Å². The van der Waals surface area contributed by atoms with Crippen LogP contribution in [0, 0.1) is 13.8 Å². The molecule has 4 rings (SSSR count). The number of carbonyl (C=O) groups excluding carboxylic acids is 1. The molecule has 1 amide bonds. The summed E-state index contributed by atoms with van der Waals surface area (Å²) in [5, 5.41) is 0.566. The molecule has 0 saturated carbocycles. The highest BCUT2D eigenvalue weighted by atomic mass is 32.2. The van der Waals surface area contributed by atoms with Crippen LogP contribution in [0.1, 0.15) is 41.3 Å². The predicted molar refractivity (Wildman–Crippen MR) is 124 cm³/mol. The molecule has 31 heavy (non-hydrogen) atoms. The number of aromatic nitrogens is 1. The van der Waals surface area contributed by atoms with Crippen LogP contribution in [0.15, 0.2) is 41.3 Å². The first kappa shape index (κ1) is 21.9. The summed E-state index contributed by atoms with van der Waals surface area (Å²) in [4.78, 5) is 20.2. The Morgan fingerprint density at radius 1 is 1.19 bits per heavy atom. The van der Waals surface area contributed by atoms with Crippen LogP contribution in [-0.4, -0.2) is 44.3 Å². The van der Waals surface area contributed by atoms with E-state index < -0.39 is 9.84 Å². The Labute approximate surface area is 186 Å². The van der Waals surface area contributed by atoms with Gasteiger partial charge in [0.15, 0.2) is 15.0 Å². The SMILES string of the molecule is CCS(=O)(=O)c1ccccc1C(=O)N(CC1CCCO1)c1nc2c(C)ccc(C)c2s1. The number of benzene rings is 2. The van der Waals surface area contributed by atoms with Crippen LogP contribution in [0.5, 0.6) is 0 Å². The van der Waals surface area contributed by atoms with Crippen molar-refractivity contribution in [2.24, 2.45) is 0 Å². The summed E-state index contributed by atoms with van der Waals surface area (Å²) < 4.78 is 32.1. The minimum absolute atomic E-state index is 0.0633. The number of ether oxygens (including phenoxy) is 1. The zero-order chi connectivity index (χ0) is 22.2. The molecule has 2 heterocycles. The number of aryl methyl sites for hydroxylation is 2. The zero-order valence-electron chi connectivity index (χ0n) is 17.9. The van der Waals surface area contributed by atoms with E-state index in [0.717, 1.165) is 34.2 Å². The van der Waals surface area contributed by atoms with Crippen LogP contribution in [0.2, 0.25) is 0 Å². The Morgan fingerprint density at radius 2 is 1.94 bits per heavy atom. The molecule has 1 atom stereocenters. The van der Waals surface area contributed by atoms with Crippen molar-refractivity contribution in [3.05, 3.63) is 53.1 Å². The number of amides is 1. The Balaban J connectivity index is 1.83. The highest BCUT2D eigenvalue weighted by molar-refractivity contribution is 7.91. The van der Waals surface area contributed by atoms with Gasteiger partial charge in [0.25, 0.3) is 5.91 Å². The molecular formula is C23H26N2O4S2. The first-order valence-corrected chi connectivity index (χ1v) is 12.9. The number of thiazole rings is 1. The second-order valence-electron chi connectivity index (χ2n) is 7.82. The maximum absolute atomic E-state index is 13.7. The van der Waals surface area contributed by atoms with E-state index in [1.165, 1.54) is 17.4 Å². The van der Waals surface area contributed by atoms with Gasteiger partial charge in [-0.2, -0.15) is 0 Å². The molecule has 164 valence electrons. The first-order chi connectivity index (χ1) is 14.8. The van der Waals surface area contributed by atoms with Crippen LogP contribution in [-0.2, 0) is 14.6 Å². The van der Waals surface area contributed by atoms with Gasteiger partial charge in [0.1, 0.15) is 0 Å². The van der Waals surface area contributed by atoms with Crippen LogP contribution in [0.25, 0.3) is 10.2 Å². The fourth-order valence-electron chi connectivity index (χ4n) is 3.82. The third-order valence-electron chi connectivity index (χ3n) is 5.65. The standard InChI is InChI=1S/C23H26N2O4S2/c1-4-31(27,28)19-10-6-5-9-18(19)22(26)25(14-17-8-7-13-29-17)23-24-20-15(2)11-12-16(3)21(20)30-23/h5-6,9-12,17H,4,7-8,13-14H2,1-3H3. The third kappa shape index (κ3) is 4.24. The molecule has 0 N–H and O–H groups in total. The first-order valence-electron chi connectivity index (χ1n) is 10.4. The fraction of sp³-hybridized carbons (Fsp3) is 0.391. The van der Waals surface area contributed by atoms with Gasteiger partial charge in [0, 0.05) is 6.61 Å². The molecule has 1 saturated heterocycles. The molecule has 1 unspecified atom stereocenters. The number of rotatable bonds is 6. The number of carbonyl (C=O) groups is 1. The van der Waals surface area contributed by atoms with E-state index in [9.17, 15) is 13.2 Å². The van der Waals surface area contributed by atoms with Gasteiger partial charge in [-0.05, 0) is 49.9 Å². The second-order valence-corrected chi connectivity index (χ2v) is 11.0. The van der Waals surface area contributed by atoms with Gasteiger partial charge in [0.05, 0.1) is 39.1 Å². The number of hydrogen-bond donors (Lipinski definition) is 0. The number of anilines is 1. The van der Waals surface area contributed by atoms with E-state index >= 15 is 0 Å². The molecule has 0 radical (unpaired) electrons. The second kappa shape index (κ2) is 8.68. The summed E-state index contributed by atoms with van der Waals surface area (Å²) in [6, 6.07) is 10.5. The van der Waals surface area contributed by atoms with Crippen molar-refractivity contribution in [3.8, 4) is 0 Å². The summed E-state index contributed by atoms with van der Waals surface area (Å²) in [6.45, 7) is 6.63.